The zero-order valence-corrected chi connectivity index (χ0v) is 12.4. The number of hydrogen-bond acceptors (Lipinski definition) is 4. The first-order chi connectivity index (χ1) is 10.6. The van der Waals surface area contributed by atoms with Crippen molar-refractivity contribution in [1.29, 1.82) is 0 Å². The summed E-state index contributed by atoms with van der Waals surface area (Å²) in [6, 6.07) is 6.06. The molecule has 4 rings (SSSR count). The number of H-pyrrole nitrogens is 2. The van der Waals surface area contributed by atoms with E-state index in [1.54, 1.807) is 4.68 Å². The third-order valence-corrected chi connectivity index (χ3v) is 4.08. The van der Waals surface area contributed by atoms with Crippen molar-refractivity contribution in [2.24, 2.45) is 12.1 Å². The molecule has 112 valence electrons. The Morgan fingerprint density at radius 1 is 1.23 bits per heavy atom. The van der Waals surface area contributed by atoms with Crippen LogP contribution in [0.5, 0.6) is 0 Å². The minimum Gasteiger partial charge on any atom is -0.306 e. The van der Waals surface area contributed by atoms with E-state index in [1.807, 2.05) is 49.7 Å². The fraction of sp³-hybridized carbons (Fsp3) is 0.267. The summed E-state index contributed by atoms with van der Waals surface area (Å²) in [4.78, 5) is 16.9. The zero-order chi connectivity index (χ0) is 15.3. The van der Waals surface area contributed by atoms with Crippen molar-refractivity contribution >= 4 is 16.7 Å². The molecule has 7 nitrogen and oxygen atoms in total. The number of benzene rings is 1. The van der Waals surface area contributed by atoms with Crippen LogP contribution in [0.2, 0.25) is 0 Å². The maximum atomic E-state index is 11.4. The SMILES string of the molecule is CN1N=C(c2ccc3[nH]c(=O)[nH]c3c2)C[C@H]1c1cnn(C)c1. The van der Waals surface area contributed by atoms with Crippen molar-refractivity contribution in [1.82, 2.24) is 24.8 Å². The number of hydrazone groups is 1. The summed E-state index contributed by atoms with van der Waals surface area (Å²) in [6.07, 6.45) is 4.72. The molecule has 0 amide bonds. The van der Waals surface area contributed by atoms with E-state index >= 15 is 0 Å². The van der Waals surface area contributed by atoms with Crippen LogP contribution in [0.4, 0.5) is 0 Å². The van der Waals surface area contributed by atoms with Gasteiger partial charge < -0.3 is 9.97 Å². The van der Waals surface area contributed by atoms with Gasteiger partial charge >= 0.3 is 5.69 Å². The summed E-state index contributed by atoms with van der Waals surface area (Å²) in [5, 5.41) is 10.9. The van der Waals surface area contributed by atoms with Crippen molar-refractivity contribution in [3.8, 4) is 0 Å². The Morgan fingerprint density at radius 3 is 2.82 bits per heavy atom. The molecule has 0 radical (unpaired) electrons. The highest BCUT2D eigenvalue weighted by atomic mass is 16.1. The monoisotopic (exact) mass is 296 g/mol. The van der Waals surface area contributed by atoms with Crippen LogP contribution in [0, 0.1) is 0 Å². The van der Waals surface area contributed by atoms with Crippen LogP contribution >= 0.6 is 0 Å². The van der Waals surface area contributed by atoms with Gasteiger partial charge in [-0.2, -0.15) is 10.2 Å². The first-order valence-corrected chi connectivity index (χ1v) is 7.11. The van der Waals surface area contributed by atoms with Gasteiger partial charge in [-0.05, 0) is 12.1 Å². The topological polar surface area (TPSA) is 82.1 Å². The molecule has 2 aromatic heterocycles. The molecule has 0 saturated carbocycles. The van der Waals surface area contributed by atoms with Gasteiger partial charge in [-0.3, -0.25) is 9.69 Å². The molecule has 0 spiro atoms. The molecule has 0 saturated heterocycles. The van der Waals surface area contributed by atoms with E-state index in [-0.39, 0.29) is 11.7 Å². The molecule has 3 aromatic rings. The van der Waals surface area contributed by atoms with Gasteiger partial charge in [-0.15, -0.1) is 0 Å². The lowest BCUT2D eigenvalue weighted by Crippen LogP contribution is -2.13. The van der Waals surface area contributed by atoms with Crippen LogP contribution in [-0.4, -0.2) is 37.5 Å². The highest BCUT2D eigenvalue weighted by molar-refractivity contribution is 6.03. The highest BCUT2D eigenvalue weighted by Crippen LogP contribution is 2.31. The average Bonchev–Trinajstić information content (AvgIpc) is 3.15. The normalized spacial score (nSPS) is 18.2. The summed E-state index contributed by atoms with van der Waals surface area (Å²) >= 11 is 0. The predicted octanol–water partition coefficient (Wildman–Crippen LogP) is 1.37. The van der Waals surface area contributed by atoms with Gasteiger partial charge in [-0.25, -0.2) is 4.79 Å². The first kappa shape index (κ1) is 12.9. The summed E-state index contributed by atoms with van der Waals surface area (Å²) in [5.74, 6) is 0. The van der Waals surface area contributed by atoms with E-state index < -0.39 is 0 Å². The number of hydrogen-bond donors (Lipinski definition) is 2. The molecular formula is C15H16N6O. The number of nitrogens with one attached hydrogen (secondary N) is 2. The Labute approximate surface area is 126 Å². The lowest BCUT2D eigenvalue weighted by Gasteiger charge is -2.16. The van der Waals surface area contributed by atoms with E-state index in [0.717, 1.165) is 34.3 Å². The molecule has 1 aliphatic rings. The number of imidazole rings is 1. The minimum atomic E-state index is -0.189. The number of rotatable bonds is 2. The quantitative estimate of drug-likeness (QED) is 0.749. The molecule has 0 bridgehead atoms. The van der Waals surface area contributed by atoms with Crippen LogP contribution in [0.3, 0.4) is 0 Å². The van der Waals surface area contributed by atoms with Gasteiger partial charge in [0.25, 0.3) is 0 Å². The van der Waals surface area contributed by atoms with E-state index in [9.17, 15) is 4.79 Å². The molecule has 1 aliphatic heterocycles. The van der Waals surface area contributed by atoms with Gasteiger partial charge in [0.05, 0.1) is 29.0 Å². The Morgan fingerprint density at radius 2 is 2.05 bits per heavy atom. The smallest absolute Gasteiger partial charge is 0.306 e. The maximum Gasteiger partial charge on any atom is 0.323 e. The molecule has 1 atom stereocenters. The summed E-state index contributed by atoms with van der Waals surface area (Å²) in [7, 11) is 3.89. The molecule has 0 fully saturated rings. The van der Waals surface area contributed by atoms with Crippen molar-refractivity contribution < 1.29 is 0 Å². The summed E-state index contributed by atoms with van der Waals surface area (Å²) in [5.41, 5.74) is 4.62. The second-order valence-corrected chi connectivity index (χ2v) is 5.63. The van der Waals surface area contributed by atoms with Gasteiger partial charge in [-0.1, -0.05) is 6.07 Å². The Balaban J connectivity index is 1.67. The minimum absolute atomic E-state index is 0.189. The van der Waals surface area contributed by atoms with E-state index in [2.05, 4.69) is 20.2 Å². The highest BCUT2D eigenvalue weighted by Gasteiger charge is 2.27. The fourth-order valence-electron chi connectivity index (χ4n) is 2.95. The maximum absolute atomic E-state index is 11.4. The van der Waals surface area contributed by atoms with Crippen molar-refractivity contribution in [3.63, 3.8) is 0 Å². The molecule has 3 heterocycles. The van der Waals surface area contributed by atoms with Gasteiger partial charge in [0.15, 0.2) is 0 Å². The number of aromatic amines is 2. The lowest BCUT2D eigenvalue weighted by atomic mass is 10.0. The van der Waals surface area contributed by atoms with Crippen LogP contribution in [-0.2, 0) is 7.05 Å². The van der Waals surface area contributed by atoms with Crippen LogP contribution in [0.25, 0.3) is 11.0 Å². The molecule has 2 N–H and O–H groups in total. The van der Waals surface area contributed by atoms with Crippen LogP contribution < -0.4 is 5.69 Å². The Bertz CT molecular complexity index is 931. The van der Waals surface area contributed by atoms with Crippen LogP contribution in [0.1, 0.15) is 23.6 Å². The Hall–Kier alpha value is -2.83. The third-order valence-electron chi connectivity index (χ3n) is 4.08. The standard InChI is InChI=1S/C15H16N6O/c1-20-8-10(7-16-20)14-6-12(19-21(14)2)9-3-4-11-13(5-9)18-15(22)17-11/h3-5,7-8,14H,6H2,1-2H3,(H2,17,18,22)/t14-/m0/s1. The number of fused-ring (bicyclic) bond motifs is 1. The van der Waals surface area contributed by atoms with Gasteiger partial charge in [0, 0.05) is 37.8 Å². The lowest BCUT2D eigenvalue weighted by molar-refractivity contribution is 0.290. The largest absolute Gasteiger partial charge is 0.323 e. The molecule has 7 heteroatoms. The van der Waals surface area contributed by atoms with E-state index in [4.69, 9.17) is 0 Å². The molecular weight excluding hydrogens is 280 g/mol. The van der Waals surface area contributed by atoms with Crippen molar-refractivity contribution in [2.75, 3.05) is 7.05 Å². The number of aromatic nitrogens is 4. The molecule has 0 unspecified atom stereocenters. The molecule has 1 aromatic carbocycles. The van der Waals surface area contributed by atoms with Gasteiger partial charge in [0.1, 0.15) is 0 Å². The number of nitrogens with zero attached hydrogens (tertiary/aromatic N) is 4. The summed E-state index contributed by atoms with van der Waals surface area (Å²) < 4.78 is 1.80. The van der Waals surface area contributed by atoms with Crippen molar-refractivity contribution in [3.05, 3.63) is 52.2 Å². The van der Waals surface area contributed by atoms with Gasteiger partial charge in [0.2, 0.25) is 0 Å². The third kappa shape index (κ3) is 2.02. The van der Waals surface area contributed by atoms with Crippen molar-refractivity contribution in [2.45, 2.75) is 12.5 Å². The number of aryl methyl sites for hydroxylation is 1. The van der Waals surface area contributed by atoms with E-state index in [1.165, 1.54) is 0 Å². The predicted molar refractivity (Wildman–Crippen MR) is 83.8 cm³/mol. The summed E-state index contributed by atoms with van der Waals surface area (Å²) in [6.45, 7) is 0. The molecule has 0 aliphatic carbocycles. The molecule has 22 heavy (non-hydrogen) atoms. The first-order valence-electron chi connectivity index (χ1n) is 7.11. The van der Waals surface area contributed by atoms with Crippen LogP contribution in [0.15, 0.2) is 40.5 Å². The van der Waals surface area contributed by atoms with E-state index in [0.29, 0.717) is 0 Å². The Kier molecular flexibility index (Phi) is 2.69. The zero-order valence-electron chi connectivity index (χ0n) is 12.4. The second-order valence-electron chi connectivity index (χ2n) is 5.63. The second kappa shape index (κ2) is 4.59. The average molecular weight is 296 g/mol. The fourth-order valence-corrected chi connectivity index (χ4v) is 2.95.